The average molecular weight is 324 g/mol. The van der Waals surface area contributed by atoms with Gasteiger partial charge in [0.05, 0.1) is 17.8 Å². The Balaban J connectivity index is 2.29. The Morgan fingerprint density at radius 2 is 2.00 bits per heavy atom. The number of anilines is 1. The van der Waals surface area contributed by atoms with Gasteiger partial charge >= 0.3 is 0 Å². The lowest BCUT2D eigenvalue weighted by Crippen LogP contribution is -2.03. The first-order valence-electron chi connectivity index (χ1n) is 5.82. The third-order valence-electron chi connectivity index (χ3n) is 2.32. The highest BCUT2D eigenvalue weighted by Gasteiger charge is 2.10. The molecule has 6 heteroatoms. The standard InChI is InChI=1S/C13H14BrN3O2/c1-3-15-13-16-8-9(14)12(17-13)19-11-7-5-4-6-10(11)18-2/h4-8H,3H2,1-2H3,(H,15,16,17). The first kappa shape index (κ1) is 13.6. The minimum atomic E-state index is 0.440. The fraction of sp³-hybridized carbons (Fsp3) is 0.231. The molecule has 0 unspecified atom stereocenters. The minimum Gasteiger partial charge on any atom is -0.493 e. The van der Waals surface area contributed by atoms with Crippen molar-refractivity contribution < 1.29 is 9.47 Å². The van der Waals surface area contributed by atoms with Gasteiger partial charge in [-0.15, -0.1) is 0 Å². The van der Waals surface area contributed by atoms with Crippen LogP contribution in [0.1, 0.15) is 6.92 Å². The van der Waals surface area contributed by atoms with E-state index in [0.29, 0.717) is 27.8 Å². The van der Waals surface area contributed by atoms with Gasteiger partial charge < -0.3 is 14.8 Å². The molecule has 5 nitrogen and oxygen atoms in total. The second kappa shape index (κ2) is 6.38. The van der Waals surface area contributed by atoms with Gasteiger partial charge in [0.1, 0.15) is 0 Å². The number of ether oxygens (including phenoxy) is 2. The quantitative estimate of drug-likeness (QED) is 0.913. The Morgan fingerprint density at radius 3 is 2.68 bits per heavy atom. The Bertz CT molecular complexity index is 563. The van der Waals surface area contributed by atoms with Crippen molar-refractivity contribution in [3.63, 3.8) is 0 Å². The molecule has 2 aromatic rings. The van der Waals surface area contributed by atoms with Gasteiger partial charge in [-0.05, 0) is 35.0 Å². The second-order valence-electron chi connectivity index (χ2n) is 3.63. The predicted octanol–water partition coefficient (Wildman–Crippen LogP) is 3.47. The molecular formula is C13H14BrN3O2. The lowest BCUT2D eigenvalue weighted by Gasteiger charge is -2.11. The fourth-order valence-electron chi connectivity index (χ4n) is 1.47. The molecule has 0 spiro atoms. The first-order chi connectivity index (χ1) is 9.24. The number of para-hydroxylation sites is 2. The van der Waals surface area contributed by atoms with Gasteiger partial charge in [-0.3, -0.25) is 0 Å². The minimum absolute atomic E-state index is 0.440. The van der Waals surface area contributed by atoms with E-state index in [1.54, 1.807) is 13.3 Å². The summed E-state index contributed by atoms with van der Waals surface area (Å²) in [6, 6.07) is 7.40. The molecule has 1 heterocycles. The topological polar surface area (TPSA) is 56.3 Å². The van der Waals surface area contributed by atoms with Gasteiger partial charge in [0.25, 0.3) is 0 Å². The normalized spacial score (nSPS) is 10.1. The van der Waals surface area contributed by atoms with Crippen LogP contribution in [0.3, 0.4) is 0 Å². The summed E-state index contributed by atoms with van der Waals surface area (Å²) >= 11 is 3.37. The first-order valence-corrected chi connectivity index (χ1v) is 6.61. The van der Waals surface area contributed by atoms with Crippen LogP contribution in [0.25, 0.3) is 0 Å². The zero-order valence-electron chi connectivity index (χ0n) is 10.7. The van der Waals surface area contributed by atoms with Crippen molar-refractivity contribution >= 4 is 21.9 Å². The molecule has 0 aliphatic rings. The van der Waals surface area contributed by atoms with Crippen LogP contribution in [0, 0.1) is 0 Å². The summed E-state index contributed by atoms with van der Waals surface area (Å²) in [7, 11) is 1.60. The van der Waals surface area contributed by atoms with E-state index in [1.807, 2.05) is 31.2 Å². The summed E-state index contributed by atoms with van der Waals surface area (Å²) in [6.07, 6.45) is 1.65. The van der Waals surface area contributed by atoms with Crippen molar-refractivity contribution in [1.82, 2.24) is 9.97 Å². The molecule has 2 rings (SSSR count). The molecule has 100 valence electrons. The zero-order valence-corrected chi connectivity index (χ0v) is 12.3. The summed E-state index contributed by atoms with van der Waals surface area (Å²) in [5.74, 6) is 2.22. The van der Waals surface area contributed by atoms with E-state index in [2.05, 4.69) is 31.2 Å². The van der Waals surface area contributed by atoms with E-state index in [0.717, 1.165) is 6.54 Å². The molecule has 1 aromatic carbocycles. The maximum atomic E-state index is 5.76. The number of hydrogen-bond donors (Lipinski definition) is 1. The Hall–Kier alpha value is -1.82. The van der Waals surface area contributed by atoms with Gasteiger partial charge in [0, 0.05) is 6.54 Å². The van der Waals surface area contributed by atoms with E-state index in [-0.39, 0.29) is 0 Å². The molecule has 0 bridgehead atoms. The van der Waals surface area contributed by atoms with Crippen LogP contribution < -0.4 is 14.8 Å². The third-order valence-corrected chi connectivity index (χ3v) is 2.87. The van der Waals surface area contributed by atoms with Crippen LogP contribution in [0.2, 0.25) is 0 Å². The van der Waals surface area contributed by atoms with Crippen molar-refractivity contribution in [1.29, 1.82) is 0 Å². The number of methoxy groups -OCH3 is 1. The Kier molecular flexibility index (Phi) is 4.57. The van der Waals surface area contributed by atoms with Crippen LogP contribution in [-0.4, -0.2) is 23.6 Å². The Labute approximate surface area is 120 Å². The average Bonchev–Trinajstić information content (AvgIpc) is 2.43. The smallest absolute Gasteiger partial charge is 0.238 e. The van der Waals surface area contributed by atoms with Crippen molar-refractivity contribution in [3.05, 3.63) is 34.9 Å². The van der Waals surface area contributed by atoms with Crippen LogP contribution >= 0.6 is 15.9 Å². The highest BCUT2D eigenvalue weighted by Crippen LogP contribution is 2.33. The molecule has 0 saturated carbocycles. The largest absolute Gasteiger partial charge is 0.493 e. The predicted molar refractivity (Wildman–Crippen MR) is 77.0 cm³/mol. The molecule has 0 aliphatic heterocycles. The van der Waals surface area contributed by atoms with E-state index < -0.39 is 0 Å². The van der Waals surface area contributed by atoms with E-state index >= 15 is 0 Å². The van der Waals surface area contributed by atoms with Crippen LogP contribution in [0.4, 0.5) is 5.95 Å². The molecule has 0 aliphatic carbocycles. The molecular weight excluding hydrogens is 310 g/mol. The molecule has 0 amide bonds. The maximum Gasteiger partial charge on any atom is 0.238 e. The number of nitrogens with zero attached hydrogens (tertiary/aromatic N) is 2. The summed E-state index contributed by atoms with van der Waals surface area (Å²) in [6.45, 7) is 2.72. The van der Waals surface area contributed by atoms with Crippen LogP contribution in [0.15, 0.2) is 34.9 Å². The van der Waals surface area contributed by atoms with E-state index in [4.69, 9.17) is 9.47 Å². The number of benzene rings is 1. The second-order valence-corrected chi connectivity index (χ2v) is 4.48. The fourth-order valence-corrected chi connectivity index (χ4v) is 1.75. The number of halogens is 1. The lowest BCUT2D eigenvalue weighted by atomic mass is 10.3. The molecule has 0 saturated heterocycles. The Morgan fingerprint density at radius 1 is 1.26 bits per heavy atom. The van der Waals surface area contributed by atoms with Gasteiger partial charge in [0.2, 0.25) is 11.8 Å². The number of hydrogen-bond acceptors (Lipinski definition) is 5. The van der Waals surface area contributed by atoms with Crippen LogP contribution in [0.5, 0.6) is 17.4 Å². The molecule has 1 aromatic heterocycles. The molecule has 19 heavy (non-hydrogen) atoms. The summed E-state index contributed by atoms with van der Waals surface area (Å²) in [5.41, 5.74) is 0. The summed E-state index contributed by atoms with van der Waals surface area (Å²) in [5, 5.41) is 3.04. The zero-order chi connectivity index (χ0) is 13.7. The van der Waals surface area contributed by atoms with Gasteiger partial charge in [-0.2, -0.15) is 4.98 Å². The number of nitrogens with one attached hydrogen (secondary N) is 1. The molecule has 0 atom stereocenters. The highest BCUT2D eigenvalue weighted by atomic mass is 79.9. The lowest BCUT2D eigenvalue weighted by molar-refractivity contribution is 0.373. The van der Waals surface area contributed by atoms with E-state index in [1.165, 1.54) is 0 Å². The third kappa shape index (κ3) is 3.35. The maximum absolute atomic E-state index is 5.76. The molecule has 0 radical (unpaired) electrons. The SMILES string of the molecule is CCNc1ncc(Br)c(Oc2ccccc2OC)n1. The van der Waals surface area contributed by atoms with Crippen LogP contribution in [-0.2, 0) is 0 Å². The van der Waals surface area contributed by atoms with E-state index in [9.17, 15) is 0 Å². The number of aromatic nitrogens is 2. The monoisotopic (exact) mass is 323 g/mol. The van der Waals surface area contributed by atoms with Gasteiger partial charge in [0.15, 0.2) is 11.5 Å². The molecule has 1 N–H and O–H groups in total. The van der Waals surface area contributed by atoms with Crippen molar-refractivity contribution in [2.45, 2.75) is 6.92 Å². The van der Waals surface area contributed by atoms with Crippen molar-refractivity contribution in [2.24, 2.45) is 0 Å². The summed E-state index contributed by atoms with van der Waals surface area (Å²) in [4.78, 5) is 8.42. The number of rotatable bonds is 5. The van der Waals surface area contributed by atoms with Crippen molar-refractivity contribution in [2.75, 3.05) is 19.0 Å². The van der Waals surface area contributed by atoms with Gasteiger partial charge in [-0.25, -0.2) is 4.98 Å². The van der Waals surface area contributed by atoms with Crippen molar-refractivity contribution in [3.8, 4) is 17.4 Å². The van der Waals surface area contributed by atoms with Gasteiger partial charge in [-0.1, -0.05) is 12.1 Å². The molecule has 0 fully saturated rings. The highest BCUT2D eigenvalue weighted by molar-refractivity contribution is 9.10. The summed E-state index contributed by atoms with van der Waals surface area (Å²) < 4.78 is 11.7.